The van der Waals surface area contributed by atoms with E-state index in [-0.39, 0.29) is 0 Å². The molecule has 0 aliphatic carbocycles. The molecular weight excluding hydrogens is 292 g/mol. The molecule has 0 aromatic heterocycles. The molecule has 0 spiro atoms. The SMILES string of the molecule is CCO[Si](OCC)(OCCc1ccccc1)c1ccccc1. The zero-order chi connectivity index (χ0) is 15.7. The molecule has 0 amide bonds. The molecule has 0 saturated carbocycles. The molecule has 0 heterocycles. The first-order valence-electron chi connectivity index (χ1n) is 7.82. The largest absolute Gasteiger partial charge is 0.537 e. The Bertz CT molecular complexity index is 525. The average molecular weight is 316 g/mol. The van der Waals surface area contributed by atoms with Crippen LogP contribution in [0.4, 0.5) is 0 Å². The van der Waals surface area contributed by atoms with Crippen molar-refractivity contribution in [1.29, 1.82) is 0 Å². The van der Waals surface area contributed by atoms with Crippen LogP contribution in [0.15, 0.2) is 60.7 Å². The highest BCUT2D eigenvalue weighted by Crippen LogP contribution is 2.12. The first-order chi connectivity index (χ1) is 10.8. The Morgan fingerprint density at radius 1 is 0.727 bits per heavy atom. The number of benzene rings is 2. The lowest BCUT2D eigenvalue weighted by Crippen LogP contribution is -2.57. The molecule has 0 aliphatic rings. The highest BCUT2D eigenvalue weighted by molar-refractivity contribution is 6.75. The average Bonchev–Trinajstić information content (AvgIpc) is 2.57. The summed E-state index contributed by atoms with van der Waals surface area (Å²) in [7, 11) is -2.83. The monoisotopic (exact) mass is 316 g/mol. The van der Waals surface area contributed by atoms with Crippen LogP contribution in [0.5, 0.6) is 0 Å². The van der Waals surface area contributed by atoms with E-state index in [1.807, 2.05) is 62.4 Å². The van der Waals surface area contributed by atoms with Gasteiger partial charge in [0.15, 0.2) is 0 Å². The van der Waals surface area contributed by atoms with E-state index in [1.54, 1.807) is 0 Å². The minimum atomic E-state index is -2.83. The summed E-state index contributed by atoms with van der Waals surface area (Å²) in [6.07, 6.45) is 0.850. The predicted octanol–water partition coefficient (Wildman–Crippen LogP) is 3.16. The van der Waals surface area contributed by atoms with Gasteiger partial charge in [-0.2, -0.15) is 0 Å². The Morgan fingerprint density at radius 2 is 1.27 bits per heavy atom. The van der Waals surface area contributed by atoms with Crippen molar-refractivity contribution in [1.82, 2.24) is 0 Å². The third kappa shape index (κ3) is 4.51. The van der Waals surface area contributed by atoms with Crippen LogP contribution >= 0.6 is 0 Å². The summed E-state index contributed by atoms with van der Waals surface area (Å²) in [5.74, 6) is 0. The van der Waals surface area contributed by atoms with Crippen LogP contribution in [0, 0.1) is 0 Å². The van der Waals surface area contributed by atoms with Gasteiger partial charge in [0, 0.05) is 25.0 Å². The van der Waals surface area contributed by atoms with Crippen LogP contribution in [0.2, 0.25) is 0 Å². The summed E-state index contributed by atoms with van der Waals surface area (Å²) in [5, 5.41) is 1.02. The maximum atomic E-state index is 6.20. The van der Waals surface area contributed by atoms with Crippen LogP contribution in [-0.2, 0) is 19.7 Å². The van der Waals surface area contributed by atoms with Gasteiger partial charge in [-0.25, -0.2) is 0 Å². The van der Waals surface area contributed by atoms with Gasteiger partial charge in [-0.15, -0.1) is 0 Å². The molecule has 118 valence electrons. The van der Waals surface area contributed by atoms with E-state index in [0.717, 1.165) is 11.6 Å². The smallest absolute Gasteiger partial charge is 0.370 e. The lowest BCUT2D eigenvalue weighted by Gasteiger charge is -2.29. The molecule has 0 bridgehead atoms. The Balaban J connectivity index is 2.10. The first kappa shape index (κ1) is 16.9. The van der Waals surface area contributed by atoms with Crippen molar-refractivity contribution in [3.8, 4) is 0 Å². The number of rotatable bonds is 9. The van der Waals surface area contributed by atoms with E-state index in [2.05, 4.69) is 12.1 Å². The van der Waals surface area contributed by atoms with Crippen molar-refractivity contribution in [2.24, 2.45) is 0 Å². The lowest BCUT2D eigenvalue weighted by atomic mass is 10.2. The molecule has 22 heavy (non-hydrogen) atoms. The van der Waals surface area contributed by atoms with E-state index >= 15 is 0 Å². The fourth-order valence-corrected chi connectivity index (χ4v) is 4.83. The van der Waals surface area contributed by atoms with E-state index < -0.39 is 8.80 Å². The first-order valence-corrected chi connectivity index (χ1v) is 9.54. The molecule has 0 aliphatic heterocycles. The minimum Gasteiger partial charge on any atom is -0.370 e. The van der Waals surface area contributed by atoms with Crippen molar-refractivity contribution in [2.75, 3.05) is 19.8 Å². The zero-order valence-corrected chi connectivity index (χ0v) is 14.3. The van der Waals surface area contributed by atoms with Gasteiger partial charge >= 0.3 is 8.80 Å². The molecule has 0 N–H and O–H groups in total. The molecule has 0 atom stereocenters. The van der Waals surface area contributed by atoms with Crippen LogP contribution in [0.3, 0.4) is 0 Å². The minimum absolute atomic E-state index is 0.576. The summed E-state index contributed by atoms with van der Waals surface area (Å²) >= 11 is 0. The molecule has 0 fully saturated rings. The third-order valence-electron chi connectivity index (χ3n) is 3.32. The second-order valence-corrected chi connectivity index (χ2v) is 7.43. The second-order valence-electron chi connectivity index (χ2n) is 4.87. The second kappa shape index (κ2) is 8.85. The molecular formula is C18H24O3Si. The highest BCUT2D eigenvalue weighted by atomic mass is 28.4. The summed E-state index contributed by atoms with van der Waals surface area (Å²) in [6, 6.07) is 20.4. The van der Waals surface area contributed by atoms with Crippen LogP contribution in [-0.4, -0.2) is 28.6 Å². The van der Waals surface area contributed by atoms with E-state index in [4.69, 9.17) is 13.3 Å². The third-order valence-corrected chi connectivity index (χ3v) is 6.28. The van der Waals surface area contributed by atoms with Crippen LogP contribution in [0.25, 0.3) is 0 Å². The van der Waals surface area contributed by atoms with Crippen molar-refractivity contribution >= 4 is 14.0 Å². The number of hydrogen-bond donors (Lipinski definition) is 0. The fourth-order valence-electron chi connectivity index (χ4n) is 2.35. The Hall–Kier alpha value is -1.46. The van der Waals surface area contributed by atoms with Crippen molar-refractivity contribution < 1.29 is 13.3 Å². The molecule has 4 heteroatoms. The van der Waals surface area contributed by atoms with Gasteiger partial charge < -0.3 is 13.3 Å². The van der Waals surface area contributed by atoms with Gasteiger partial charge in [0.05, 0.1) is 0 Å². The number of hydrogen-bond acceptors (Lipinski definition) is 3. The standard InChI is InChI=1S/C18H24O3Si/c1-3-19-22(20-4-2,18-13-9-6-10-14-18)21-16-15-17-11-7-5-8-12-17/h5-14H,3-4,15-16H2,1-2H3. The van der Waals surface area contributed by atoms with Crippen molar-refractivity contribution in [2.45, 2.75) is 20.3 Å². The molecule has 2 aromatic rings. The predicted molar refractivity (Wildman–Crippen MR) is 91.2 cm³/mol. The van der Waals surface area contributed by atoms with Gasteiger partial charge in [-0.05, 0) is 25.8 Å². The van der Waals surface area contributed by atoms with Gasteiger partial charge in [-0.1, -0.05) is 60.7 Å². The van der Waals surface area contributed by atoms with Crippen molar-refractivity contribution in [3.63, 3.8) is 0 Å². The Labute approximate surface area is 134 Å². The van der Waals surface area contributed by atoms with E-state index in [0.29, 0.717) is 19.8 Å². The maximum absolute atomic E-state index is 6.20. The van der Waals surface area contributed by atoms with Crippen molar-refractivity contribution in [3.05, 3.63) is 66.2 Å². The Morgan fingerprint density at radius 3 is 1.82 bits per heavy atom. The fraction of sp³-hybridized carbons (Fsp3) is 0.333. The molecule has 0 unspecified atom stereocenters. The molecule has 3 nitrogen and oxygen atoms in total. The van der Waals surface area contributed by atoms with Gasteiger partial charge in [0.1, 0.15) is 0 Å². The van der Waals surface area contributed by atoms with Gasteiger partial charge in [0.25, 0.3) is 0 Å². The topological polar surface area (TPSA) is 27.7 Å². The van der Waals surface area contributed by atoms with Gasteiger partial charge in [0.2, 0.25) is 0 Å². The quantitative estimate of drug-likeness (QED) is 0.665. The maximum Gasteiger partial charge on any atom is 0.537 e. The molecule has 0 saturated heterocycles. The van der Waals surface area contributed by atoms with Crippen LogP contribution < -0.4 is 5.19 Å². The molecule has 0 radical (unpaired) electrons. The van der Waals surface area contributed by atoms with E-state index in [1.165, 1.54) is 5.56 Å². The van der Waals surface area contributed by atoms with E-state index in [9.17, 15) is 0 Å². The lowest BCUT2D eigenvalue weighted by molar-refractivity contribution is 0.0823. The molecule has 2 rings (SSSR count). The summed E-state index contributed by atoms with van der Waals surface area (Å²) < 4.78 is 18.2. The normalized spacial score (nSPS) is 11.5. The zero-order valence-electron chi connectivity index (χ0n) is 13.3. The summed E-state index contributed by atoms with van der Waals surface area (Å²) in [5.41, 5.74) is 1.26. The highest BCUT2D eigenvalue weighted by Gasteiger charge is 2.43. The molecule has 2 aromatic carbocycles. The van der Waals surface area contributed by atoms with Crippen LogP contribution in [0.1, 0.15) is 19.4 Å². The summed E-state index contributed by atoms with van der Waals surface area (Å²) in [6.45, 7) is 5.69. The van der Waals surface area contributed by atoms with Gasteiger partial charge in [-0.3, -0.25) is 0 Å². The Kier molecular flexibility index (Phi) is 6.80. The summed E-state index contributed by atoms with van der Waals surface area (Å²) in [4.78, 5) is 0.